The molecular formula is C11H18ClN3O2. The second-order valence-corrected chi connectivity index (χ2v) is 4.37. The molecule has 0 amide bonds. The van der Waals surface area contributed by atoms with Crippen molar-refractivity contribution in [3.63, 3.8) is 0 Å². The van der Waals surface area contributed by atoms with E-state index in [1.54, 1.807) is 0 Å². The smallest absolute Gasteiger partial charge is 0.302 e. The molecule has 6 heteroatoms. The van der Waals surface area contributed by atoms with Crippen LogP contribution in [0.3, 0.4) is 0 Å². The predicted octanol–water partition coefficient (Wildman–Crippen LogP) is 1.09. The number of nitrogens with one attached hydrogen (secondary N) is 1. The van der Waals surface area contributed by atoms with Crippen molar-refractivity contribution in [2.24, 2.45) is 0 Å². The maximum Gasteiger partial charge on any atom is 0.329 e. The first-order valence-electron chi connectivity index (χ1n) is 5.73. The van der Waals surface area contributed by atoms with E-state index in [1.165, 1.54) is 10.6 Å². The zero-order valence-electron chi connectivity index (χ0n) is 10.4. The number of aromatic nitrogens is 2. The summed E-state index contributed by atoms with van der Waals surface area (Å²) in [6.07, 6.45) is 0. The third-order valence-corrected chi connectivity index (χ3v) is 2.99. The van der Waals surface area contributed by atoms with Crippen LogP contribution in [0.4, 0.5) is 0 Å². The average Bonchev–Trinajstić information content (AvgIpc) is 2.24. The molecule has 0 saturated heterocycles. The van der Waals surface area contributed by atoms with E-state index in [0.29, 0.717) is 6.54 Å². The molecule has 0 aliphatic heterocycles. The van der Waals surface area contributed by atoms with Crippen molar-refractivity contribution in [1.82, 2.24) is 14.5 Å². The number of rotatable bonds is 5. The lowest BCUT2D eigenvalue weighted by molar-refractivity contribution is 0.255. The van der Waals surface area contributed by atoms with Crippen LogP contribution in [0.1, 0.15) is 26.8 Å². The molecule has 1 N–H and O–H groups in total. The minimum atomic E-state index is -0.456. The summed E-state index contributed by atoms with van der Waals surface area (Å²) in [5.41, 5.74) is -0.819. The summed E-state index contributed by atoms with van der Waals surface area (Å²) in [7, 11) is 0. The third-order valence-electron chi connectivity index (χ3n) is 2.79. The molecule has 0 aliphatic carbocycles. The standard InChI is InChI=1S/C11H18ClN3O2/c1-4-14(5-2)7-8(3)15-10(16)6-9(12)13-11(15)17/h6,8H,4-5,7H2,1-3H3,(H,13,17). The Hall–Kier alpha value is -1.07. The van der Waals surface area contributed by atoms with E-state index in [2.05, 4.69) is 9.88 Å². The second kappa shape index (κ2) is 6.02. The summed E-state index contributed by atoms with van der Waals surface area (Å²) in [6, 6.07) is 1.05. The highest BCUT2D eigenvalue weighted by Crippen LogP contribution is 2.03. The molecule has 0 aliphatic rings. The number of halogens is 1. The molecule has 1 atom stereocenters. The van der Waals surface area contributed by atoms with Gasteiger partial charge in [0.2, 0.25) is 0 Å². The highest BCUT2D eigenvalue weighted by atomic mass is 35.5. The van der Waals surface area contributed by atoms with Gasteiger partial charge >= 0.3 is 5.69 Å². The second-order valence-electron chi connectivity index (χ2n) is 3.97. The zero-order valence-corrected chi connectivity index (χ0v) is 11.1. The molecule has 0 bridgehead atoms. The van der Waals surface area contributed by atoms with Gasteiger partial charge in [0.05, 0.1) is 6.04 Å². The Kier molecular flexibility index (Phi) is 4.96. The molecule has 0 fully saturated rings. The molecule has 0 spiro atoms. The molecular weight excluding hydrogens is 242 g/mol. The van der Waals surface area contributed by atoms with Crippen LogP contribution in [0.15, 0.2) is 15.7 Å². The van der Waals surface area contributed by atoms with Gasteiger partial charge in [0.15, 0.2) is 0 Å². The number of nitrogens with zero attached hydrogens (tertiary/aromatic N) is 2. The van der Waals surface area contributed by atoms with Gasteiger partial charge in [-0.1, -0.05) is 25.4 Å². The van der Waals surface area contributed by atoms with E-state index in [4.69, 9.17) is 11.6 Å². The molecule has 0 saturated carbocycles. The summed E-state index contributed by atoms with van der Waals surface area (Å²) < 4.78 is 1.20. The van der Waals surface area contributed by atoms with E-state index < -0.39 is 5.69 Å². The first-order valence-corrected chi connectivity index (χ1v) is 6.11. The van der Waals surface area contributed by atoms with Gasteiger partial charge in [-0.05, 0) is 20.0 Å². The van der Waals surface area contributed by atoms with Gasteiger partial charge in [-0.15, -0.1) is 0 Å². The number of hydrogen-bond donors (Lipinski definition) is 1. The molecule has 5 nitrogen and oxygen atoms in total. The van der Waals surface area contributed by atoms with E-state index in [9.17, 15) is 9.59 Å². The van der Waals surface area contributed by atoms with Crippen molar-refractivity contribution in [1.29, 1.82) is 0 Å². The molecule has 17 heavy (non-hydrogen) atoms. The third kappa shape index (κ3) is 3.44. The predicted molar refractivity (Wildman–Crippen MR) is 68.8 cm³/mol. The van der Waals surface area contributed by atoms with Crippen molar-refractivity contribution < 1.29 is 0 Å². The van der Waals surface area contributed by atoms with Gasteiger partial charge in [-0.3, -0.25) is 14.3 Å². The Morgan fingerprint density at radius 3 is 2.47 bits per heavy atom. The van der Waals surface area contributed by atoms with Crippen LogP contribution >= 0.6 is 11.6 Å². The largest absolute Gasteiger partial charge is 0.329 e. The van der Waals surface area contributed by atoms with Crippen LogP contribution in [0.5, 0.6) is 0 Å². The Morgan fingerprint density at radius 2 is 2.00 bits per heavy atom. The van der Waals surface area contributed by atoms with E-state index in [0.717, 1.165) is 13.1 Å². The fourth-order valence-electron chi connectivity index (χ4n) is 1.83. The van der Waals surface area contributed by atoms with Gasteiger partial charge in [-0.25, -0.2) is 4.79 Å². The summed E-state index contributed by atoms with van der Waals surface area (Å²) >= 11 is 5.61. The van der Waals surface area contributed by atoms with Crippen molar-refractivity contribution in [3.8, 4) is 0 Å². The van der Waals surface area contributed by atoms with Crippen molar-refractivity contribution in [3.05, 3.63) is 32.1 Å². The van der Waals surface area contributed by atoms with Crippen LogP contribution in [-0.4, -0.2) is 34.1 Å². The monoisotopic (exact) mass is 259 g/mol. The first-order chi connectivity index (χ1) is 7.99. The first kappa shape index (κ1) is 14.0. The minimum absolute atomic E-state index is 0.0753. The topological polar surface area (TPSA) is 58.1 Å². The van der Waals surface area contributed by atoms with E-state index in [-0.39, 0.29) is 16.8 Å². The van der Waals surface area contributed by atoms with Crippen LogP contribution in [0, 0.1) is 0 Å². The quantitative estimate of drug-likeness (QED) is 0.806. The van der Waals surface area contributed by atoms with E-state index in [1.807, 2.05) is 20.8 Å². The molecule has 1 heterocycles. The van der Waals surface area contributed by atoms with Gasteiger partial charge in [0.25, 0.3) is 5.56 Å². The van der Waals surface area contributed by atoms with Gasteiger partial charge in [0, 0.05) is 12.6 Å². The SMILES string of the molecule is CCN(CC)CC(C)n1c(=O)cc(Cl)[nH]c1=O. The summed E-state index contributed by atoms with van der Waals surface area (Å²) in [5, 5.41) is 0.0753. The lowest BCUT2D eigenvalue weighted by atomic mass is 10.3. The van der Waals surface area contributed by atoms with Crippen LogP contribution in [-0.2, 0) is 0 Å². The molecule has 96 valence electrons. The van der Waals surface area contributed by atoms with Crippen LogP contribution in [0.2, 0.25) is 5.15 Å². The van der Waals surface area contributed by atoms with Gasteiger partial charge < -0.3 is 4.90 Å². The number of hydrogen-bond acceptors (Lipinski definition) is 3. The van der Waals surface area contributed by atoms with Gasteiger partial charge in [0.1, 0.15) is 5.15 Å². The average molecular weight is 260 g/mol. The maximum absolute atomic E-state index is 11.7. The molecule has 1 unspecified atom stereocenters. The molecule has 1 aromatic heterocycles. The van der Waals surface area contributed by atoms with Crippen molar-refractivity contribution in [2.75, 3.05) is 19.6 Å². The normalized spacial score (nSPS) is 13.0. The summed E-state index contributed by atoms with van der Waals surface area (Å²) in [6.45, 7) is 8.39. The zero-order chi connectivity index (χ0) is 13.0. The highest BCUT2D eigenvalue weighted by molar-refractivity contribution is 6.29. The number of aromatic amines is 1. The van der Waals surface area contributed by atoms with Crippen LogP contribution < -0.4 is 11.2 Å². The molecule has 0 radical (unpaired) electrons. The Labute approximate surface area is 105 Å². The Bertz CT molecular complexity index is 445. The van der Waals surface area contributed by atoms with Gasteiger partial charge in [-0.2, -0.15) is 0 Å². The van der Waals surface area contributed by atoms with Crippen LogP contribution in [0.25, 0.3) is 0 Å². The number of H-pyrrole nitrogens is 1. The maximum atomic E-state index is 11.7. The molecule has 0 aromatic carbocycles. The van der Waals surface area contributed by atoms with Crippen molar-refractivity contribution >= 4 is 11.6 Å². The van der Waals surface area contributed by atoms with E-state index >= 15 is 0 Å². The number of likely N-dealkylation sites (N-methyl/N-ethyl adjacent to an activating group) is 1. The Balaban J connectivity index is 3.01. The van der Waals surface area contributed by atoms with Crippen molar-refractivity contribution in [2.45, 2.75) is 26.8 Å². The Morgan fingerprint density at radius 1 is 1.41 bits per heavy atom. The minimum Gasteiger partial charge on any atom is -0.302 e. The highest BCUT2D eigenvalue weighted by Gasteiger charge is 2.13. The lowest BCUT2D eigenvalue weighted by Crippen LogP contribution is -2.41. The lowest BCUT2D eigenvalue weighted by Gasteiger charge is -2.23. The fraction of sp³-hybridized carbons (Fsp3) is 0.636. The molecule has 1 aromatic rings. The molecule has 1 rings (SSSR count). The fourth-order valence-corrected chi connectivity index (χ4v) is 2.01. The summed E-state index contributed by atoms with van der Waals surface area (Å²) in [4.78, 5) is 27.9. The summed E-state index contributed by atoms with van der Waals surface area (Å²) in [5.74, 6) is 0.